The van der Waals surface area contributed by atoms with Crippen LogP contribution in [0.2, 0.25) is 0 Å². The number of hydrogen-bond acceptors (Lipinski definition) is 6. The van der Waals surface area contributed by atoms with E-state index in [0.29, 0.717) is 16.8 Å². The van der Waals surface area contributed by atoms with E-state index in [1.54, 1.807) is 0 Å². The molecule has 2 aromatic rings. The first kappa shape index (κ1) is 13.9. The number of H-pyrrole nitrogens is 1. The van der Waals surface area contributed by atoms with E-state index in [-0.39, 0.29) is 16.3 Å². The molecule has 1 heterocycles. The molecule has 1 unspecified atom stereocenters. The summed E-state index contributed by atoms with van der Waals surface area (Å²) in [5.74, 6) is 1.08. The molecule has 0 amide bonds. The third kappa shape index (κ3) is 2.60. The minimum atomic E-state index is -0.387. The maximum atomic E-state index is 11.3. The summed E-state index contributed by atoms with van der Waals surface area (Å²) in [6.07, 6.45) is 3.09. The predicted molar refractivity (Wildman–Crippen MR) is 78.6 cm³/mol. The number of benzene rings is 1. The zero-order valence-electron chi connectivity index (χ0n) is 11.0. The number of nitrogens with one attached hydrogen (secondary N) is 1. The molecule has 0 bridgehead atoms. The summed E-state index contributed by atoms with van der Waals surface area (Å²) < 4.78 is 0.591. The van der Waals surface area contributed by atoms with Crippen molar-refractivity contribution in [2.45, 2.75) is 25.7 Å². The maximum Gasteiger partial charge on any atom is 0.296 e. The van der Waals surface area contributed by atoms with Gasteiger partial charge in [-0.1, -0.05) is 0 Å². The van der Waals surface area contributed by atoms with Gasteiger partial charge in [-0.2, -0.15) is 0 Å². The number of nitrogens with two attached hydrogens (primary N) is 1. The standard InChI is InChI=1S/C12H13BrN6O2/c13-9-5-7-3-6(1-2-10-15-17-18-16-10)4-8(7)12(11(9)14)19(20)21/h5-6H,1-4,14H2,(H,15,16,17,18). The Morgan fingerprint density at radius 3 is 3.00 bits per heavy atom. The summed E-state index contributed by atoms with van der Waals surface area (Å²) in [4.78, 5) is 10.9. The molecule has 9 heteroatoms. The number of aromatic nitrogens is 4. The molecule has 1 aliphatic rings. The van der Waals surface area contributed by atoms with Crippen molar-refractivity contribution in [2.24, 2.45) is 5.92 Å². The smallest absolute Gasteiger partial charge is 0.296 e. The van der Waals surface area contributed by atoms with Crippen LogP contribution in [0.4, 0.5) is 11.4 Å². The number of nitro groups is 1. The molecule has 3 rings (SSSR count). The van der Waals surface area contributed by atoms with Crippen LogP contribution in [0.3, 0.4) is 0 Å². The summed E-state index contributed by atoms with van der Waals surface area (Å²) in [5, 5.41) is 24.9. The second kappa shape index (κ2) is 5.40. The molecular formula is C12H13BrN6O2. The number of nitrogen functional groups attached to an aromatic ring is 1. The lowest BCUT2D eigenvalue weighted by molar-refractivity contribution is -0.384. The molecule has 0 saturated heterocycles. The highest BCUT2D eigenvalue weighted by Gasteiger charge is 2.31. The van der Waals surface area contributed by atoms with Crippen LogP contribution >= 0.6 is 15.9 Å². The Morgan fingerprint density at radius 1 is 1.52 bits per heavy atom. The third-order valence-corrected chi connectivity index (χ3v) is 4.51. The largest absolute Gasteiger partial charge is 0.392 e. The van der Waals surface area contributed by atoms with Crippen LogP contribution in [0.5, 0.6) is 0 Å². The number of anilines is 1. The van der Waals surface area contributed by atoms with E-state index in [1.165, 1.54) is 0 Å². The number of rotatable bonds is 4. The van der Waals surface area contributed by atoms with Crippen LogP contribution in [0, 0.1) is 16.0 Å². The Bertz CT molecular complexity index is 688. The van der Waals surface area contributed by atoms with Gasteiger partial charge in [0.15, 0.2) is 0 Å². The van der Waals surface area contributed by atoms with Gasteiger partial charge in [-0.3, -0.25) is 10.1 Å². The van der Waals surface area contributed by atoms with Crippen LogP contribution in [-0.4, -0.2) is 25.5 Å². The monoisotopic (exact) mass is 352 g/mol. The Morgan fingerprint density at radius 2 is 2.33 bits per heavy atom. The van der Waals surface area contributed by atoms with Gasteiger partial charge in [-0.15, -0.1) is 5.10 Å². The number of aromatic amines is 1. The minimum Gasteiger partial charge on any atom is -0.392 e. The van der Waals surface area contributed by atoms with Crippen molar-refractivity contribution in [3.63, 3.8) is 0 Å². The van der Waals surface area contributed by atoms with Gasteiger partial charge in [0.1, 0.15) is 11.5 Å². The molecule has 1 aromatic heterocycles. The number of nitrogens with zero attached hydrogens (tertiary/aromatic N) is 4. The highest BCUT2D eigenvalue weighted by atomic mass is 79.9. The van der Waals surface area contributed by atoms with Crippen LogP contribution in [0.25, 0.3) is 0 Å². The lowest BCUT2D eigenvalue weighted by atomic mass is 10.00. The van der Waals surface area contributed by atoms with E-state index >= 15 is 0 Å². The Balaban J connectivity index is 1.80. The molecule has 0 saturated carbocycles. The van der Waals surface area contributed by atoms with Gasteiger partial charge in [0, 0.05) is 16.5 Å². The average molecular weight is 353 g/mol. The second-order valence-electron chi connectivity index (χ2n) is 5.18. The SMILES string of the molecule is Nc1c(Br)cc2c(c1[N+](=O)[O-])CC(CCc1nnn[nH]1)C2. The van der Waals surface area contributed by atoms with E-state index < -0.39 is 0 Å². The molecule has 0 spiro atoms. The van der Waals surface area contributed by atoms with Gasteiger partial charge in [0.25, 0.3) is 5.69 Å². The number of halogens is 1. The van der Waals surface area contributed by atoms with Crippen molar-refractivity contribution in [1.82, 2.24) is 20.6 Å². The van der Waals surface area contributed by atoms with Crippen LogP contribution in [-0.2, 0) is 19.3 Å². The zero-order valence-corrected chi connectivity index (χ0v) is 12.6. The molecule has 1 aliphatic carbocycles. The summed E-state index contributed by atoms with van der Waals surface area (Å²) >= 11 is 3.30. The Hall–Kier alpha value is -2.03. The van der Waals surface area contributed by atoms with Crippen molar-refractivity contribution in [2.75, 3.05) is 5.73 Å². The van der Waals surface area contributed by atoms with E-state index in [1.807, 2.05) is 6.07 Å². The first-order chi connectivity index (χ1) is 10.1. The molecular weight excluding hydrogens is 340 g/mol. The molecule has 3 N–H and O–H groups in total. The lowest BCUT2D eigenvalue weighted by Crippen LogP contribution is -2.04. The van der Waals surface area contributed by atoms with Crippen LogP contribution in [0.1, 0.15) is 23.4 Å². The van der Waals surface area contributed by atoms with Crippen molar-refractivity contribution < 1.29 is 4.92 Å². The third-order valence-electron chi connectivity index (χ3n) is 3.85. The Labute approximate surface area is 128 Å². The minimum absolute atomic E-state index is 0.0446. The Kier molecular flexibility index (Phi) is 3.58. The van der Waals surface area contributed by atoms with Crippen molar-refractivity contribution in [3.8, 4) is 0 Å². The number of hydrogen-bond donors (Lipinski definition) is 2. The van der Waals surface area contributed by atoms with Gasteiger partial charge in [-0.05, 0) is 63.2 Å². The van der Waals surface area contributed by atoms with Gasteiger partial charge in [-0.25, -0.2) is 5.10 Å². The summed E-state index contributed by atoms with van der Waals surface area (Å²) in [7, 11) is 0. The molecule has 21 heavy (non-hydrogen) atoms. The molecule has 1 atom stereocenters. The van der Waals surface area contributed by atoms with Gasteiger partial charge < -0.3 is 5.73 Å². The molecule has 0 aliphatic heterocycles. The average Bonchev–Trinajstić information content (AvgIpc) is 3.05. The van der Waals surface area contributed by atoms with Crippen molar-refractivity contribution in [1.29, 1.82) is 0 Å². The number of tetrazole rings is 1. The van der Waals surface area contributed by atoms with Crippen molar-refractivity contribution in [3.05, 3.63) is 37.6 Å². The molecule has 0 fully saturated rings. The van der Waals surface area contributed by atoms with Crippen LogP contribution in [0.15, 0.2) is 10.5 Å². The van der Waals surface area contributed by atoms with Crippen LogP contribution < -0.4 is 5.73 Å². The highest BCUT2D eigenvalue weighted by Crippen LogP contribution is 2.42. The van der Waals surface area contributed by atoms with Gasteiger partial charge in [0.05, 0.1) is 4.92 Å². The lowest BCUT2D eigenvalue weighted by Gasteiger charge is -2.06. The quantitative estimate of drug-likeness (QED) is 0.491. The second-order valence-corrected chi connectivity index (χ2v) is 6.03. The summed E-state index contributed by atoms with van der Waals surface area (Å²) in [5.41, 5.74) is 7.85. The fraction of sp³-hybridized carbons (Fsp3) is 0.417. The molecule has 1 aromatic carbocycles. The predicted octanol–water partition coefficient (Wildman–Crippen LogP) is 1.80. The summed E-state index contributed by atoms with van der Waals surface area (Å²) in [6.45, 7) is 0. The van der Waals surface area contributed by atoms with Crippen molar-refractivity contribution >= 4 is 27.3 Å². The van der Waals surface area contributed by atoms with Gasteiger partial charge >= 0.3 is 0 Å². The summed E-state index contributed by atoms with van der Waals surface area (Å²) in [6, 6.07) is 1.90. The molecule has 8 nitrogen and oxygen atoms in total. The number of nitro benzene ring substituents is 1. The normalized spacial score (nSPS) is 16.9. The topological polar surface area (TPSA) is 124 Å². The number of fused-ring (bicyclic) bond motifs is 1. The molecule has 0 radical (unpaired) electrons. The zero-order chi connectivity index (χ0) is 15.0. The molecule has 110 valence electrons. The first-order valence-electron chi connectivity index (χ1n) is 6.53. The number of aryl methyl sites for hydroxylation is 1. The van der Waals surface area contributed by atoms with E-state index in [2.05, 4.69) is 36.6 Å². The first-order valence-corrected chi connectivity index (χ1v) is 7.32. The fourth-order valence-corrected chi connectivity index (χ4v) is 3.33. The maximum absolute atomic E-state index is 11.3. The van der Waals surface area contributed by atoms with E-state index in [0.717, 1.165) is 36.2 Å². The van der Waals surface area contributed by atoms with Gasteiger partial charge in [0.2, 0.25) is 0 Å². The fourth-order valence-electron chi connectivity index (χ4n) is 2.87. The van der Waals surface area contributed by atoms with E-state index in [4.69, 9.17) is 5.73 Å². The highest BCUT2D eigenvalue weighted by molar-refractivity contribution is 9.10. The van der Waals surface area contributed by atoms with E-state index in [9.17, 15) is 10.1 Å².